The first-order valence-corrected chi connectivity index (χ1v) is 7.08. The fourth-order valence-corrected chi connectivity index (χ4v) is 2.57. The molecule has 0 atom stereocenters. The zero-order valence-corrected chi connectivity index (χ0v) is 12.1. The average Bonchev–Trinajstić information content (AvgIpc) is 2.45. The van der Waals surface area contributed by atoms with E-state index in [1.807, 2.05) is 0 Å². The molecule has 0 radical (unpaired) electrons. The van der Waals surface area contributed by atoms with Gasteiger partial charge in [-0.1, -0.05) is 19.3 Å². The van der Waals surface area contributed by atoms with Crippen molar-refractivity contribution in [3.05, 3.63) is 23.8 Å². The Labute approximate surface area is 119 Å². The van der Waals surface area contributed by atoms with Gasteiger partial charge in [0.15, 0.2) is 17.3 Å². The van der Waals surface area contributed by atoms with E-state index in [9.17, 15) is 9.90 Å². The van der Waals surface area contributed by atoms with Crippen LogP contribution in [0.5, 0.6) is 11.5 Å². The van der Waals surface area contributed by atoms with E-state index in [4.69, 9.17) is 9.47 Å². The monoisotopic (exact) mass is 278 g/mol. The number of Topliss-reactive ketones (excluding diaryl/α,β-unsaturated/α-hetero) is 1. The first-order valence-electron chi connectivity index (χ1n) is 7.08. The Morgan fingerprint density at radius 1 is 1.25 bits per heavy atom. The van der Waals surface area contributed by atoms with Gasteiger partial charge in [0.05, 0.1) is 12.7 Å². The minimum Gasteiger partial charge on any atom is -0.493 e. The lowest BCUT2D eigenvalue weighted by atomic mass is 9.85. The van der Waals surface area contributed by atoms with Crippen molar-refractivity contribution in [3.63, 3.8) is 0 Å². The van der Waals surface area contributed by atoms with Crippen LogP contribution in [0, 0.1) is 0 Å². The van der Waals surface area contributed by atoms with Crippen LogP contribution in [-0.2, 0) is 0 Å². The maximum absolute atomic E-state index is 11.3. The molecule has 0 aliphatic heterocycles. The average molecular weight is 278 g/mol. The summed E-state index contributed by atoms with van der Waals surface area (Å²) in [6, 6.07) is 5.11. The second-order valence-electron chi connectivity index (χ2n) is 5.50. The predicted molar refractivity (Wildman–Crippen MR) is 76.5 cm³/mol. The Balaban J connectivity index is 2.07. The fraction of sp³-hybridized carbons (Fsp3) is 0.562. The van der Waals surface area contributed by atoms with E-state index in [1.54, 1.807) is 25.3 Å². The van der Waals surface area contributed by atoms with Gasteiger partial charge < -0.3 is 14.6 Å². The van der Waals surface area contributed by atoms with Gasteiger partial charge in [-0.05, 0) is 38.0 Å². The summed E-state index contributed by atoms with van der Waals surface area (Å²) in [4.78, 5) is 11.3. The van der Waals surface area contributed by atoms with Crippen LogP contribution >= 0.6 is 0 Å². The van der Waals surface area contributed by atoms with E-state index >= 15 is 0 Å². The molecule has 0 saturated heterocycles. The lowest BCUT2D eigenvalue weighted by molar-refractivity contribution is -0.0343. The minimum atomic E-state index is -0.734. The number of ketones is 1. The van der Waals surface area contributed by atoms with Crippen molar-refractivity contribution >= 4 is 5.78 Å². The summed E-state index contributed by atoms with van der Waals surface area (Å²) in [6.07, 6.45) is 4.82. The molecule has 1 N–H and O–H groups in total. The molecule has 110 valence electrons. The van der Waals surface area contributed by atoms with Crippen LogP contribution in [0.15, 0.2) is 18.2 Å². The number of aliphatic hydroxyl groups is 1. The van der Waals surface area contributed by atoms with Crippen molar-refractivity contribution in [2.24, 2.45) is 0 Å². The molecule has 1 fully saturated rings. The summed E-state index contributed by atoms with van der Waals surface area (Å²) in [6.45, 7) is 1.78. The number of rotatable bonds is 5. The molecule has 4 nitrogen and oxygen atoms in total. The van der Waals surface area contributed by atoms with Crippen LogP contribution in [0.25, 0.3) is 0 Å². The van der Waals surface area contributed by atoms with Gasteiger partial charge in [-0.25, -0.2) is 0 Å². The van der Waals surface area contributed by atoms with Crippen LogP contribution in [0.2, 0.25) is 0 Å². The number of benzene rings is 1. The van der Waals surface area contributed by atoms with Gasteiger partial charge in [-0.15, -0.1) is 0 Å². The van der Waals surface area contributed by atoms with E-state index in [0.29, 0.717) is 17.1 Å². The van der Waals surface area contributed by atoms with Crippen molar-refractivity contribution in [3.8, 4) is 11.5 Å². The fourth-order valence-electron chi connectivity index (χ4n) is 2.57. The number of carbonyl (C=O) groups excluding carboxylic acids is 1. The zero-order valence-electron chi connectivity index (χ0n) is 12.1. The van der Waals surface area contributed by atoms with E-state index in [1.165, 1.54) is 13.3 Å². The number of hydrogen-bond donors (Lipinski definition) is 1. The molecular formula is C16H22O4. The summed E-state index contributed by atoms with van der Waals surface area (Å²) in [5.41, 5.74) is -0.145. The van der Waals surface area contributed by atoms with E-state index < -0.39 is 5.60 Å². The highest BCUT2D eigenvalue weighted by atomic mass is 16.5. The summed E-state index contributed by atoms with van der Waals surface area (Å²) in [5, 5.41) is 10.4. The normalized spacial score (nSPS) is 17.6. The van der Waals surface area contributed by atoms with Gasteiger partial charge in [0.1, 0.15) is 6.61 Å². The van der Waals surface area contributed by atoms with Crippen LogP contribution in [0.1, 0.15) is 49.4 Å². The summed E-state index contributed by atoms with van der Waals surface area (Å²) in [7, 11) is 1.54. The maximum Gasteiger partial charge on any atom is 0.161 e. The highest BCUT2D eigenvalue weighted by Crippen LogP contribution is 2.32. The molecular weight excluding hydrogens is 256 g/mol. The molecule has 2 rings (SSSR count). The second-order valence-corrected chi connectivity index (χ2v) is 5.50. The Bertz CT molecular complexity index is 475. The molecule has 1 saturated carbocycles. The molecule has 1 aromatic carbocycles. The summed E-state index contributed by atoms with van der Waals surface area (Å²) >= 11 is 0. The Kier molecular flexibility index (Phi) is 4.65. The van der Waals surface area contributed by atoms with Gasteiger partial charge in [-0.3, -0.25) is 4.79 Å². The first-order chi connectivity index (χ1) is 9.54. The number of methoxy groups -OCH3 is 1. The SMILES string of the molecule is COc1cc(C(C)=O)ccc1OCC1(O)CCCCC1. The third kappa shape index (κ3) is 3.51. The zero-order chi connectivity index (χ0) is 14.6. The van der Waals surface area contributed by atoms with Crippen molar-refractivity contribution in [1.29, 1.82) is 0 Å². The summed E-state index contributed by atoms with van der Waals surface area (Å²) in [5.74, 6) is 1.08. The Hall–Kier alpha value is -1.55. The molecule has 0 spiro atoms. The molecule has 0 heterocycles. The van der Waals surface area contributed by atoms with Crippen LogP contribution in [0.4, 0.5) is 0 Å². The smallest absolute Gasteiger partial charge is 0.161 e. The van der Waals surface area contributed by atoms with E-state index in [0.717, 1.165) is 25.7 Å². The van der Waals surface area contributed by atoms with Crippen molar-refractivity contribution < 1.29 is 19.4 Å². The van der Waals surface area contributed by atoms with Gasteiger partial charge in [0.2, 0.25) is 0 Å². The highest BCUT2D eigenvalue weighted by molar-refractivity contribution is 5.94. The maximum atomic E-state index is 11.3. The molecule has 0 unspecified atom stereocenters. The minimum absolute atomic E-state index is 0.0132. The number of ether oxygens (including phenoxy) is 2. The topological polar surface area (TPSA) is 55.8 Å². The first kappa shape index (κ1) is 14.9. The molecule has 0 bridgehead atoms. The van der Waals surface area contributed by atoms with Crippen LogP contribution in [0.3, 0.4) is 0 Å². The molecule has 1 aromatic rings. The van der Waals surface area contributed by atoms with Gasteiger partial charge in [-0.2, -0.15) is 0 Å². The van der Waals surface area contributed by atoms with E-state index in [2.05, 4.69) is 0 Å². The molecule has 1 aliphatic rings. The summed E-state index contributed by atoms with van der Waals surface area (Å²) < 4.78 is 11.0. The Morgan fingerprint density at radius 2 is 1.95 bits per heavy atom. The molecule has 20 heavy (non-hydrogen) atoms. The standard InChI is InChI=1S/C16H22O4/c1-12(17)13-6-7-14(15(10-13)19-2)20-11-16(18)8-4-3-5-9-16/h6-7,10,18H,3-5,8-9,11H2,1-2H3. The molecule has 1 aliphatic carbocycles. The third-order valence-electron chi connectivity index (χ3n) is 3.85. The van der Waals surface area contributed by atoms with Crippen LogP contribution in [-0.4, -0.2) is 30.2 Å². The third-order valence-corrected chi connectivity index (χ3v) is 3.85. The quantitative estimate of drug-likeness (QED) is 0.841. The van der Waals surface area contributed by atoms with Crippen molar-refractivity contribution in [2.45, 2.75) is 44.6 Å². The lowest BCUT2D eigenvalue weighted by Gasteiger charge is -2.31. The second kappa shape index (κ2) is 6.27. The van der Waals surface area contributed by atoms with E-state index in [-0.39, 0.29) is 12.4 Å². The molecule has 0 amide bonds. The van der Waals surface area contributed by atoms with Gasteiger partial charge in [0, 0.05) is 5.56 Å². The van der Waals surface area contributed by atoms with Gasteiger partial charge in [0.25, 0.3) is 0 Å². The number of carbonyl (C=O) groups is 1. The van der Waals surface area contributed by atoms with Crippen molar-refractivity contribution in [2.75, 3.05) is 13.7 Å². The van der Waals surface area contributed by atoms with Crippen LogP contribution < -0.4 is 9.47 Å². The Morgan fingerprint density at radius 3 is 2.55 bits per heavy atom. The van der Waals surface area contributed by atoms with Crippen molar-refractivity contribution in [1.82, 2.24) is 0 Å². The molecule has 4 heteroatoms. The lowest BCUT2D eigenvalue weighted by Crippen LogP contribution is -2.37. The largest absolute Gasteiger partial charge is 0.493 e. The predicted octanol–water partition coefficient (Wildman–Crippen LogP) is 2.97. The number of hydrogen-bond acceptors (Lipinski definition) is 4. The molecule has 0 aromatic heterocycles. The van der Waals surface area contributed by atoms with Gasteiger partial charge >= 0.3 is 0 Å². The highest BCUT2D eigenvalue weighted by Gasteiger charge is 2.30.